The molecule has 1 aliphatic heterocycles. The van der Waals surface area contributed by atoms with Crippen LogP contribution in [0.2, 0.25) is 5.02 Å². The molecule has 1 fully saturated rings. The van der Waals surface area contributed by atoms with E-state index >= 15 is 0 Å². The maximum atomic E-state index is 13.6. The number of halogens is 1. The van der Waals surface area contributed by atoms with Crippen molar-refractivity contribution >= 4 is 40.4 Å². The maximum Gasteiger partial charge on any atom is 0.224 e. The molecule has 3 aromatic carbocycles. The van der Waals surface area contributed by atoms with Gasteiger partial charge in [0.2, 0.25) is 5.91 Å². The zero-order valence-corrected chi connectivity index (χ0v) is 21.5. The van der Waals surface area contributed by atoms with E-state index in [1.165, 1.54) is 6.92 Å². The lowest BCUT2D eigenvalue weighted by atomic mass is 9.68. The fourth-order valence-electron chi connectivity index (χ4n) is 5.37. The maximum absolute atomic E-state index is 13.6. The molecule has 0 aromatic heterocycles. The van der Waals surface area contributed by atoms with E-state index in [1.54, 1.807) is 4.90 Å². The fraction of sp³-hybridized carbons (Fsp3) is 0.300. The molecule has 36 heavy (non-hydrogen) atoms. The molecule has 2 aliphatic rings. The van der Waals surface area contributed by atoms with Crippen LogP contribution in [0.4, 0.5) is 11.4 Å². The molecule has 1 saturated carbocycles. The molecule has 1 heterocycles. The van der Waals surface area contributed by atoms with Crippen molar-refractivity contribution in [3.05, 3.63) is 88.9 Å². The summed E-state index contributed by atoms with van der Waals surface area (Å²) in [4.78, 5) is 33.4. The van der Waals surface area contributed by atoms with Crippen LogP contribution in [0.3, 0.4) is 0 Å². The number of carbonyl (C=O) groups is 2. The van der Waals surface area contributed by atoms with Crippen LogP contribution in [0.25, 0.3) is 0 Å². The van der Waals surface area contributed by atoms with Crippen molar-refractivity contribution in [1.29, 1.82) is 0 Å². The summed E-state index contributed by atoms with van der Waals surface area (Å²) in [5, 5.41) is 0.437. The number of para-hydroxylation sites is 2. The zero-order chi connectivity index (χ0) is 25.4. The fourth-order valence-corrected chi connectivity index (χ4v) is 5.62. The quantitative estimate of drug-likeness (QED) is 0.383. The summed E-state index contributed by atoms with van der Waals surface area (Å²) in [5.41, 5.74) is 3.85. The molecule has 1 amide bonds. The third-order valence-electron chi connectivity index (χ3n) is 6.89. The average molecular weight is 501 g/mol. The van der Waals surface area contributed by atoms with Crippen LogP contribution in [-0.4, -0.2) is 17.4 Å². The van der Waals surface area contributed by atoms with Gasteiger partial charge < -0.3 is 9.64 Å². The van der Waals surface area contributed by atoms with Crippen molar-refractivity contribution in [2.45, 2.75) is 46.3 Å². The number of benzene rings is 3. The molecule has 6 heteroatoms. The summed E-state index contributed by atoms with van der Waals surface area (Å²) < 4.78 is 5.97. The van der Waals surface area contributed by atoms with Crippen LogP contribution in [0.15, 0.2) is 77.8 Å². The van der Waals surface area contributed by atoms with Gasteiger partial charge in [-0.25, -0.2) is 0 Å². The molecule has 5 rings (SSSR count). The van der Waals surface area contributed by atoms with Gasteiger partial charge in [-0.15, -0.1) is 0 Å². The summed E-state index contributed by atoms with van der Waals surface area (Å²) in [6, 6.07) is 22.5. The lowest BCUT2D eigenvalue weighted by Crippen LogP contribution is -2.46. The minimum atomic E-state index is -0.547. The van der Waals surface area contributed by atoms with Gasteiger partial charge in [0, 0.05) is 19.1 Å². The lowest BCUT2D eigenvalue weighted by molar-refractivity contribution is -0.124. The van der Waals surface area contributed by atoms with E-state index in [4.69, 9.17) is 21.3 Å². The molecule has 0 N–H and O–H groups in total. The smallest absolute Gasteiger partial charge is 0.224 e. The minimum absolute atomic E-state index is 0.0922. The molecule has 0 radical (unpaired) electrons. The van der Waals surface area contributed by atoms with Crippen molar-refractivity contribution in [1.82, 2.24) is 0 Å². The standard InChI is InChI=1S/C30H29ClN2O3/c1-19(34)33-25-12-8-7-11-23(25)32-24-16-30(2,3)17-26(35)28(24)29(33)21-13-14-27(22(31)15-21)36-18-20-9-5-4-6-10-20/h4-15,28-29H,16-18H2,1-3H3/t28?,29-/m0/s1. The van der Waals surface area contributed by atoms with E-state index in [0.29, 0.717) is 41.6 Å². The SMILES string of the molecule is CC(=O)N1c2ccccc2N=C2CC(C)(C)CC(=O)C2[C@@H]1c1ccc(OCc2ccccc2)c(Cl)c1. The number of ether oxygens (including phenoxy) is 1. The number of ketones is 1. The molecule has 3 aromatic rings. The Morgan fingerprint density at radius 3 is 2.50 bits per heavy atom. The van der Waals surface area contributed by atoms with Gasteiger partial charge in [-0.05, 0) is 47.2 Å². The summed E-state index contributed by atoms with van der Waals surface area (Å²) >= 11 is 6.70. The number of aliphatic imine (C=N–C) groups is 1. The Morgan fingerprint density at radius 1 is 1.06 bits per heavy atom. The number of rotatable bonds is 4. The second-order valence-corrected chi connectivity index (χ2v) is 10.8. The number of amides is 1. The summed E-state index contributed by atoms with van der Waals surface area (Å²) in [5.74, 6) is -0.0456. The van der Waals surface area contributed by atoms with E-state index in [2.05, 4.69) is 13.8 Å². The zero-order valence-electron chi connectivity index (χ0n) is 20.7. The van der Waals surface area contributed by atoms with Gasteiger partial charge in [-0.3, -0.25) is 14.6 Å². The molecule has 2 atom stereocenters. The number of hydrogen-bond donors (Lipinski definition) is 0. The third-order valence-corrected chi connectivity index (χ3v) is 7.19. The highest BCUT2D eigenvalue weighted by molar-refractivity contribution is 6.32. The van der Waals surface area contributed by atoms with Gasteiger partial charge in [0.25, 0.3) is 0 Å². The Labute approximate surface area is 216 Å². The molecule has 184 valence electrons. The van der Waals surface area contributed by atoms with Crippen molar-refractivity contribution in [2.24, 2.45) is 16.3 Å². The van der Waals surface area contributed by atoms with Crippen molar-refractivity contribution in [3.8, 4) is 5.75 Å². The Bertz CT molecular complexity index is 1350. The van der Waals surface area contributed by atoms with Crippen molar-refractivity contribution in [2.75, 3.05) is 4.90 Å². The summed E-state index contributed by atoms with van der Waals surface area (Å²) in [6.45, 7) is 6.11. The van der Waals surface area contributed by atoms with E-state index in [1.807, 2.05) is 72.8 Å². The number of hydrogen-bond acceptors (Lipinski definition) is 4. The van der Waals surface area contributed by atoms with Crippen LogP contribution in [0.5, 0.6) is 5.75 Å². The van der Waals surface area contributed by atoms with Gasteiger partial charge in [-0.2, -0.15) is 0 Å². The van der Waals surface area contributed by atoms with E-state index in [-0.39, 0.29) is 17.1 Å². The molecule has 0 saturated heterocycles. The van der Waals surface area contributed by atoms with Crippen molar-refractivity contribution < 1.29 is 14.3 Å². The topological polar surface area (TPSA) is 59.0 Å². The van der Waals surface area contributed by atoms with Gasteiger partial charge in [0.1, 0.15) is 18.1 Å². The second-order valence-electron chi connectivity index (χ2n) is 10.4. The van der Waals surface area contributed by atoms with Crippen LogP contribution in [-0.2, 0) is 16.2 Å². The number of Topliss-reactive ketones (excluding diaryl/α,β-unsaturated/α-hetero) is 1. The first-order valence-corrected chi connectivity index (χ1v) is 12.6. The molecular formula is C30H29ClN2O3. The van der Waals surface area contributed by atoms with Crippen LogP contribution < -0.4 is 9.64 Å². The van der Waals surface area contributed by atoms with Crippen LogP contribution in [0.1, 0.15) is 50.8 Å². The average Bonchev–Trinajstić information content (AvgIpc) is 2.97. The lowest BCUT2D eigenvalue weighted by Gasteiger charge is -2.40. The molecular weight excluding hydrogens is 472 g/mol. The highest BCUT2D eigenvalue weighted by atomic mass is 35.5. The molecule has 0 spiro atoms. The number of carbonyl (C=O) groups excluding carboxylic acids is 2. The molecule has 1 unspecified atom stereocenters. The first-order chi connectivity index (χ1) is 17.2. The normalized spacial score (nSPS) is 20.6. The van der Waals surface area contributed by atoms with Crippen LogP contribution >= 0.6 is 11.6 Å². The van der Waals surface area contributed by atoms with Crippen molar-refractivity contribution in [3.63, 3.8) is 0 Å². The summed E-state index contributed by atoms with van der Waals surface area (Å²) in [7, 11) is 0. The third kappa shape index (κ3) is 4.68. The monoisotopic (exact) mass is 500 g/mol. The largest absolute Gasteiger partial charge is 0.487 e. The molecule has 0 bridgehead atoms. The first kappa shape index (κ1) is 24.3. The van der Waals surface area contributed by atoms with Gasteiger partial charge in [0.15, 0.2) is 0 Å². The Kier molecular flexibility index (Phi) is 6.44. The van der Waals surface area contributed by atoms with Gasteiger partial charge in [-0.1, -0.05) is 74.0 Å². The Hall–Kier alpha value is -3.44. The van der Waals surface area contributed by atoms with Crippen LogP contribution in [0, 0.1) is 11.3 Å². The van der Waals surface area contributed by atoms with Gasteiger partial charge in [0.05, 0.1) is 28.4 Å². The predicted octanol–water partition coefficient (Wildman–Crippen LogP) is 7.10. The van der Waals surface area contributed by atoms with E-state index in [0.717, 1.165) is 16.8 Å². The van der Waals surface area contributed by atoms with E-state index < -0.39 is 12.0 Å². The minimum Gasteiger partial charge on any atom is -0.487 e. The second kappa shape index (κ2) is 9.55. The number of anilines is 1. The Balaban J connectivity index is 1.58. The Morgan fingerprint density at radius 2 is 1.78 bits per heavy atom. The summed E-state index contributed by atoms with van der Waals surface area (Å²) in [6.07, 6.45) is 1.12. The molecule has 5 nitrogen and oxygen atoms in total. The highest BCUT2D eigenvalue weighted by Crippen LogP contribution is 2.48. The highest BCUT2D eigenvalue weighted by Gasteiger charge is 2.47. The van der Waals surface area contributed by atoms with E-state index in [9.17, 15) is 9.59 Å². The number of nitrogens with zero attached hydrogens (tertiary/aromatic N) is 2. The molecule has 1 aliphatic carbocycles. The van der Waals surface area contributed by atoms with Gasteiger partial charge >= 0.3 is 0 Å². The predicted molar refractivity (Wildman–Crippen MR) is 143 cm³/mol. The number of fused-ring (bicyclic) bond motifs is 2. The first-order valence-electron chi connectivity index (χ1n) is 12.2.